The molecule has 11 heteroatoms. The zero-order chi connectivity index (χ0) is 22.4. The fraction of sp³-hybridized carbons (Fsp3) is 0.350. The average molecular weight is 448 g/mol. The number of ether oxygens (including phenoxy) is 1. The molecule has 0 unspecified atom stereocenters. The summed E-state index contributed by atoms with van der Waals surface area (Å²) in [7, 11) is -0.193. The molecule has 2 atom stereocenters. The lowest BCUT2D eigenvalue weighted by Gasteiger charge is -2.22. The van der Waals surface area contributed by atoms with Gasteiger partial charge in [-0.3, -0.25) is 4.79 Å². The summed E-state index contributed by atoms with van der Waals surface area (Å²) in [4.78, 5) is 12.9. The molecule has 1 aromatic carbocycles. The van der Waals surface area contributed by atoms with Crippen molar-refractivity contribution in [3.63, 3.8) is 0 Å². The Morgan fingerprint density at radius 2 is 2.00 bits per heavy atom. The summed E-state index contributed by atoms with van der Waals surface area (Å²) in [6.07, 6.45) is 7.26. The molecule has 0 aliphatic carbocycles. The Hall–Kier alpha value is -3.02. The molecule has 1 aliphatic heterocycles. The quantitative estimate of drug-likeness (QED) is 0.569. The molecule has 0 amide bonds. The van der Waals surface area contributed by atoms with Crippen LogP contribution in [0.5, 0.6) is 0 Å². The lowest BCUT2D eigenvalue weighted by atomic mass is 10.1. The van der Waals surface area contributed by atoms with Crippen molar-refractivity contribution in [1.82, 2.24) is 23.6 Å². The van der Waals surface area contributed by atoms with Gasteiger partial charge in [-0.25, -0.2) is 22.4 Å². The summed E-state index contributed by atoms with van der Waals surface area (Å²) in [6, 6.07) is 9.75. The van der Waals surface area contributed by atoms with Crippen LogP contribution in [0, 0.1) is 5.92 Å². The monoisotopic (exact) mass is 447 g/mol. The minimum absolute atomic E-state index is 0.0512. The van der Waals surface area contributed by atoms with Crippen LogP contribution in [0.2, 0.25) is 0 Å². The standard InChI is InChI=1S/C19H23N5O3S.CH2O2/c1-22(2)28(25,26)14-16-12-27-13-18(16)23-10-8-20-19(23)15-5-3-6-17(11-15)24-9-4-7-21-24;2-1-3/h3-11,16,18H,12-14H2,1-2H3;1H,(H,2,3)/t16-,18+;/m0./s1. The molecule has 31 heavy (non-hydrogen) atoms. The lowest BCUT2D eigenvalue weighted by molar-refractivity contribution is -0.122. The van der Waals surface area contributed by atoms with E-state index < -0.39 is 10.0 Å². The second-order valence-corrected chi connectivity index (χ2v) is 9.42. The maximum absolute atomic E-state index is 12.4. The van der Waals surface area contributed by atoms with Gasteiger partial charge in [0, 0.05) is 50.4 Å². The molecule has 1 saturated heterocycles. The van der Waals surface area contributed by atoms with Crippen molar-refractivity contribution in [3.8, 4) is 17.1 Å². The van der Waals surface area contributed by atoms with Crippen LogP contribution < -0.4 is 0 Å². The first-order chi connectivity index (χ1) is 14.9. The predicted octanol–water partition coefficient (Wildman–Crippen LogP) is 1.52. The Bertz CT molecular complexity index is 1090. The van der Waals surface area contributed by atoms with E-state index >= 15 is 0 Å². The van der Waals surface area contributed by atoms with E-state index in [0.717, 1.165) is 17.1 Å². The summed E-state index contributed by atoms with van der Waals surface area (Å²) >= 11 is 0. The van der Waals surface area contributed by atoms with Crippen molar-refractivity contribution in [3.05, 3.63) is 55.1 Å². The van der Waals surface area contributed by atoms with Gasteiger partial charge in [-0.1, -0.05) is 12.1 Å². The van der Waals surface area contributed by atoms with Crippen molar-refractivity contribution in [2.45, 2.75) is 6.04 Å². The summed E-state index contributed by atoms with van der Waals surface area (Å²) in [5, 5.41) is 11.2. The Morgan fingerprint density at radius 1 is 1.23 bits per heavy atom. The van der Waals surface area contributed by atoms with E-state index in [1.165, 1.54) is 4.31 Å². The number of nitrogens with zero attached hydrogens (tertiary/aromatic N) is 5. The maximum atomic E-state index is 12.4. The fourth-order valence-electron chi connectivity index (χ4n) is 3.49. The van der Waals surface area contributed by atoms with Crippen molar-refractivity contribution in [2.75, 3.05) is 33.1 Å². The first-order valence-corrected chi connectivity index (χ1v) is 11.2. The van der Waals surface area contributed by atoms with Gasteiger partial charge >= 0.3 is 0 Å². The van der Waals surface area contributed by atoms with Crippen LogP contribution >= 0.6 is 0 Å². The summed E-state index contributed by atoms with van der Waals surface area (Å²) in [6.45, 7) is 0.637. The normalized spacial score (nSPS) is 18.5. The van der Waals surface area contributed by atoms with E-state index in [4.69, 9.17) is 14.6 Å². The number of hydrogen-bond acceptors (Lipinski definition) is 6. The predicted molar refractivity (Wildman–Crippen MR) is 114 cm³/mol. The molecule has 2 aromatic heterocycles. The van der Waals surface area contributed by atoms with Crippen LogP contribution in [0.15, 0.2) is 55.1 Å². The molecule has 0 saturated carbocycles. The van der Waals surface area contributed by atoms with E-state index in [0.29, 0.717) is 13.2 Å². The largest absolute Gasteiger partial charge is 0.483 e. The second-order valence-electron chi connectivity index (χ2n) is 7.19. The first kappa shape index (κ1) is 22.7. The molecule has 0 bridgehead atoms. The number of hydrogen-bond donors (Lipinski definition) is 1. The molecular formula is C20H25N5O5S. The summed E-state index contributed by atoms with van der Waals surface area (Å²) < 4.78 is 35.5. The Kier molecular flexibility index (Phi) is 7.21. The van der Waals surface area contributed by atoms with Crippen LogP contribution in [0.25, 0.3) is 17.1 Å². The molecule has 1 N–H and O–H groups in total. The van der Waals surface area contributed by atoms with E-state index in [-0.39, 0.29) is 24.2 Å². The molecule has 3 heterocycles. The summed E-state index contributed by atoms with van der Waals surface area (Å²) in [5.41, 5.74) is 1.88. The number of imidazole rings is 1. The SMILES string of the molecule is CN(C)S(=O)(=O)C[C@@H]1COC[C@H]1n1ccnc1-c1cccc(-n2cccn2)c1.O=CO. The highest BCUT2D eigenvalue weighted by Crippen LogP contribution is 2.32. The van der Waals surface area contributed by atoms with Crippen molar-refractivity contribution in [2.24, 2.45) is 5.92 Å². The van der Waals surface area contributed by atoms with Gasteiger partial charge < -0.3 is 14.4 Å². The third-order valence-corrected chi connectivity index (χ3v) is 7.01. The number of rotatable bonds is 6. The maximum Gasteiger partial charge on any atom is 0.290 e. The molecule has 1 aliphatic rings. The van der Waals surface area contributed by atoms with Gasteiger partial charge in [0.15, 0.2) is 0 Å². The third kappa shape index (κ3) is 5.19. The minimum atomic E-state index is -3.31. The molecule has 0 spiro atoms. The second kappa shape index (κ2) is 9.86. The molecular weight excluding hydrogens is 422 g/mol. The lowest BCUT2D eigenvalue weighted by Crippen LogP contribution is -2.32. The number of aromatic nitrogens is 4. The highest BCUT2D eigenvalue weighted by molar-refractivity contribution is 7.89. The Balaban J connectivity index is 0.000000858. The van der Waals surface area contributed by atoms with Gasteiger partial charge in [-0.2, -0.15) is 5.10 Å². The van der Waals surface area contributed by atoms with Gasteiger partial charge in [-0.15, -0.1) is 0 Å². The zero-order valence-corrected chi connectivity index (χ0v) is 18.1. The average Bonchev–Trinajstić information content (AvgIpc) is 3.49. The zero-order valence-electron chi connectivity index (χ0n) is 17.3. The molecule has 10 nitrogen and oxygen atoms in total. The third-order valence-electron chi connectivity index (χ3n) is 5.04. The van der Waals surface area contributed by atoms with E-state index in [1.807, 2.05) is 47.3 Å². The van der Waals surface area contributed by atoms with Crippen LogP contribution in [-0.2, 0) is 19.6 Å². The van der Waals surface area contributed by atoms with Crippen molar-refractivity contribution in [1.29, 1.82) is 0 Å². The van der Waals surface area contributed by atoms with Gasteiger partial charge in [0.2, 0.25) is 10.0 Å². The molecule has 166 valence electrons. The van der Waals surface area contributed by atoms with Gasteiger partial charge in [0.1, 0.15) is 5.82 Å². The Morgan fingerprint density at radius 3 is 2.68 bits per heavy atom. The number of carbonyl (C=O) groups is 1. The van der Waals surface area contributed by atoms with Crippen LogP contribution in [0.1, 0.15) is 6.04 Å². The van der Waals surface area contributed by atoms with Crippen molar-refractivity contribution >= 4 is 16.5 Å². The molecule has 0 radical (unpaired) electrons. The molecule has 1 fully saturated rings. The molecule has 3 aromatic rings. The topological polar surface area (TPSA) is 120 Å². The van der Waals surface area contributed by atoms with E-state index in [1.54, 1.807) is 31.2 Å². The van der Waals surface area contributed by atoms with Crippen LogP contribution in [-0.4, -0.2) is 76.7 Å². The smallest absolute Gasteiger partial charge is 0.290 e. The molecule has 4 rings (SSSR count). The van der Waals surface area contributed by atoms with Gasteiger partial charge in [-0.05, 0) is 18.2 Å². The van der Waals surface area contributed by atoms with E-state index in [2.05, 4.69) is 10.1 Å². The Labute approximate surface area is 180 Å². The minimum Gasteiger partial charge on any atom is -0.483 e. The highest BCUT2D eigenvalue weighted by Gasteiger charge is 2.35. The number of sulfonamides is 1. The van der Waals surface area contributed by atoms with Gasteiger partial charge in [0.25, 0.3) is 6.47 Å². The summed E-state index contributed by atoms with van der Waals surface area (Å²) in [5.74, 6) is 0.710. The van der Waals surface area contributed by atoms with Gasteiger partial charge in [0.05, 0.1) is 30.7 Å². The fourth-order valence-corrected chi connectivity index (χ4v) is 4.64. The van der Waals surface area contributed by atoms with Crippen molar-refractivity contribution < 1.29 is 23.1 Å². The van der Waals surface area contributed by atoms with Crippen LogP contribution in [0.4, 0.5) is 0 Å². The highest BCUT2D eigenvalue weighted by atomic mass is 32.2. The number of carboxylic acid groups (broad SMARTS) is 1. The number of benzene rings is 1. The van der Waals surface area contributed by atoms with Crippen LogP contribution in [0.3, 0.4) is 0 Å². The first-order valence-electron chi connectivity index (χ1n) is 9.56. The van der Waals surface area contributed by atoms with E-state index in [9.17, 15) is 8.42 Å².